The van der Waals surface area contributed by atoms with Gasteiger partial charge in [-0.2, -0.15) is 0 Å². The van der Waals surface area contributed by atoms with E-state index < -0.39 is 0 Å². The van der Waals surface area contributed by atoms with Crippen molar-refractivity contribution in [2.45, 2.75) is 25.9 Å². The number of nitrogens with one attached hydrogen (secondary N) is 2. The Morgan fingerprint density at radius 3 is 2.90 bits per heavy atom. The van der Waals surface area contributed by atoms with Gasteiger partial charge < -0.3 is 10.6 Å². The number of pyridine rings is 1. The van der Waals surface area contributed by atoms with Crippen molar-refractivity contribution in [1.29, 1.82) is 0 Å². The first kappa shape index (κ1) is 12.8. The molecule has 4 heteroatoms. The lowest BCUT2D eigenvalue weighted by Crippen LogP contribution is -2.44. The maximum Gasteiger partial charge on any atom is 0.241 e. The molecule has 1 aromatic carbocycles. The summed E-state index contributed by atoms with van der Waals surface area (Å²) in [6, 6.07) is 9.88. The zero-order valence-electron chi connectivity index (χ0n) is 11.4. The average Bonchev–Trinajstić information content (AvgIpc) is 2.49. The van der Waals surface area contributed by atoms with Crippen LogP contribution in [-0.4, -0.2) is 16.9 Å². The molecular weight excluding hydrogens is 250 g/mol. The van der Waals surface area contributed by atoms with E-state index >= 15 is 0 Å². The van der Waals surface area contributed by atoms with Crippen LogP contribution in [-0.2, 0) is 17.8 Å². The number of carbonyl (C=O) groups excluding carboxylic acids is 1. The highest BCUT2D eigenvalue weighted by molar-refractivity contribution is 5.95. The Hall–Kier alpha value is -2.20. The lowest BCUT2D eigenvalue weighted by atomic mass is 9.95. The molecule has 3 rings (SSSR count). The van der Waals surface area contributed by atoms with Crippen LogP contribution in [0, 0.1) is 6.92 Å². The third kappa shape index (κ3) is 2.56. The molecule has 4 nitrogen and oxygen atoms in total. The number of hydrogen-bond donors (Lipinski definition) is 2. The van der Waals surface area contributed by atoms with Crippen molar-refractivity contribution in [3.63, 3.8) is 0 Å². The number of benzene rings is 1. The van der Waals surface area contributed by atoms with Gasteiger partial charge in [-0.3, -0.25) is 9.78 Å². The second kappa shape index (κ2) is 5.43. The second-order valence-electron chi connectivity index (χ2n) is 5.09. The van der Waals surface area contributed by atoms with Gasteiger partial charge in [-0.25, -0.2) is 0 Å². The van der Waals surface area contributed by atoms with Crippen LogP contribution in [0.3, 0.4) is 0 Å². The van der Waals surface area contributed by atoms with Crippen LogP contribution >= 0.6 is 0 Å². The lowest BCUT2D eigenvalue weighted by Gasteiger charge is -2.25. The Morgan fingerprint density at radius 1 is 1.30 bits per heavy atom. The molecule has 0 aliphatic carbocycles. The molecule has 0 radical (unpaired) electrons. The van der Waals surface area contributed by atoms with E-state index in [-0.39, 0.29) is 11.9 Å². The van der Waals surface area contributed by atoms with E-state index in [1.54, 1.807) is 12.4 Å². The SMILES string of the molecule is Cc1cnccc1NC(=O)[C@@H]1Cc2ccccc2CN1. The number of carbonyl (C=O) groups is 1. The second-order valence-corrected chi connectivity index (χ2v) is 5.09. The number of aromatic nitrogens is 1. The summed E-state index contributed by atoms with van der Waals surface area (Å²) >= 11 is 0. The molecule has 20 heavy (non-hydrogen) atoms. The van der Waals surface area contributed by atoms with Gasteiger partial charge in [0.05, 0.1) is 6.04 Å². The van der Waals surface area contributed by atoms with Crippen molar-refractivity contribution in [1.82, 2.24) is 10.3 Å². The molecule has 0 fully saturated rings. The van der Waals surface area contributed by atoms with E-state index in [1.165, 1.54) is 11.1 Å². The number of hydrogen-bond acceptors (Lipinski definition) is 3. The van der Waals surface area contributed by atoms with Crippen molar-refractivity contribution in [3.8, 4) is 0 Å². The van der Waals surface area contributed by atoms with Gasteiger partial charge in [0.2, 0.25) is 5.91 Å². The quantitative estimate of drug-likeness (QED) is 0.875. The first-order valence-electron chi connectivity index (χ1n) is 6.75. The molecule has 2 aromatic rings. The minimum atomic E-state index is -0.183. The maximum absolute atomic E-state index is 12.3. The van der Waals surface area contributed by atoms with Crippen LogP contribution < -0.4 is 10.6 Å². The van der Waals surface area contributed by atoms with Gasteiger partial charge in [-0.1, -0.05) is 24.3 Å². The van der Waals surface area contributed by atoms with Crippen LogP contribution in [0.2, 0.25) is 0 Å². The van der Waals surface area contributed by atoms with E-state index in [9.17, 15) is 4.79 Å². The summed E-state index contributed by atoms with van der Waals surface area (Å²) in [6.45, 7) is 2.68. The monoisotopic (exact) mass is 267 g/mol. The normalized spacial score (nSPS) is 17.4. The van der Waals surface area contributed by atoms with Crippen molar-refractivity contribution in [3.05, 3.63) is 59.4 Å². The molecule has 102 valence electrons. The van der Waals surface area contributed by atoms with E-state index in [4.69, 9.17) is 0 Å². The summed E-state index contributed by atoms with van der Waals surface area (Å²) in [5.74, 6) is 0.00815. The van der Waals surface area contributed by atoms with E-state index in [2.05, 4.69) is 27.8 Å². The fourth-order valence-corrected chi connectivity index (χ4v) is 2.47. The molecule has 0 unspecified atom stereocenters. The maximum atomic E-state index is 12.3. The van der Waals surface area contributed by atoms with E-state index in [1.807, 2.05) is 25.1 Å². The number of amides is 1. The third-order valence-corrected chi connectivity index (χ3v) is 3.68. The van der Waals surface area contributed by atoms with E-state index in [0.717, 1.165) is 24.2 Å². The van der Waals surface area contributed by atoms with Gasteiger partial charge in [0, 0.05) is 24.6 Å². The Kier molecular flexibility index (Phi) is 3.48. The molecule has 1 amide bonds. The smallest absolute Gasteiger partial charge is 0.241 e. The Bertz CT molecular complexity index is 639. The molecular formula is C16H17N3O. The predicted molar refractivity (Wildman–Crippen MR) is 78.4 cm³/mol. The molecule has 0 bridgehead atoms. The Balaban J connectivity index is 1.72. The fraction of sp³-hybridized carbons (Fsp3) is 0.250. The summed E-state index contributed by atoms with van der Waals surface area (Å²) in [7, 11) is 0. The van der Waals surface area contributed by atoms with Gasteiger partial charge in [0.1, 0.15) is 0 Å². The van der Waals surface area contributed by atoms with Crippen molar-refractivity contribution in [2.24, 2.45) is 0 Å². The summed E-state index contributed by atoms with van der Waals surface area (Å²) in [5.41, 5.74) is 4.32. The molecule has 2 heterocycles. The molecule has 1 aliphatic heterocycles. The number of fused-ring (bicyclic) bond motifs is 1. The van der Waals surface area contributed by atoms with Gasteiger partial charge in [0.15, 0.2) is 0 Å². The highest BCUT2D eigenvalue weighted by Gasteiger charge is 2.24. The number of nitrogens with zero attached hydrogens (tertiary/aromatic N) is 1. The summed E-state index contributed by atoms with van der Waals surface area (Å²) in [6.07, 6.45) is 4.16. The van der Waals surface area contributed by atoms with Gasteiger partial charge in [-0.15, -0.1) is 0 Å². The van der Waals surface area contributed by atoms with E-state index in [0.29, 0.717) is 0 Å². The minimum Gasteiger partial charge on any atom is -0.324 e. The van der Waals surface area contributed by atoms with Crippen LogP contribution in [0.25, 0.3) is 0 Å². The Morgan fingerprint density at radius 2 is 2.10 bits per heavy atom. The minimum absolute atomic E-state index is 0.00815. The molecule has 1 aromatic heterocycles. The highest BCUT2D eigenvalue weighted by Crippen LogP contribution is 2.18. The van der Waals surface area contributed by atoms with Crippen molar-refractivity contribution in [2.75, 3.05) is 5.32 Å². The number of aryl methyl sites for hydroxylation is 1. The van der Waals surface area contributed by atoms with Gasteiger partial charge in [0.25, 0.3) is 0 Å². The molecule has 0 spiro atoms. The standard InChI is InChI=1S/C16H17N3O/c1-11-9-17-7-6-14(11)19-16(20)15-8-12-4-2-3-5-13(12)10-18-15/h2-7,9,15,18H,8,10H2,1H3,(H,17,19,20)/t15-/m0/s1. The molecule has 1 aliphatic rings. The van der Waals surface area contributed by atoms with Crippen LogP contribution in [0.5, 0.6) is 0 Å². The molecule has 1 atom stereocenters. The van der Waals surface area contributed by atoms with Crippen molar-refractivity contribution < 1.29 is 4.79 Å². The number of rotatable bonds is 2. The average molecular weight is 267 g/mol. The van der Waals surface area contributed by atoms with Crippen molar-refractivity contribution >= 4 is 11.6 Å². The predicted octanol–water partition coefficient (Wildman–Crippen LogP) is 2.04. The van der Waals surface area contributed by atoms with Gasteiger partial charge >= 0.3 is 0 Å². The highest BCUT2D eigenvalue weighted by atomic mass is 16.2. The Labute approximate surface area is 118 Å². The van der Waals surface area contributed by atoms with Gasteiger partial charge in [-0.05, 0) is 36.1 Å². The number of anilines is 1. The first-order valence-corrected chi connectivity index (χ1v) is 6.75. The molecule has 0 saturated carbocycles. The largest absolute Gasteiger partial charge is 0.324 e. The lowest BCUT2D eigenvalue weighted by molar-refractivity contribution is -0.118. The molecule has 2 N–H and O–H groups in total. The summed E-state index contributed by atoms with van der Waals surface area (Å²) in [5, 5.41) is 6.26. The summed E-state index contributed by atoms with van der Waals surface area (Å²) in [4.78, 5) is 16.4. The first-order chi connectivity index (χ1) is 9.74. The summed E-state index contributed by atoms with van der Waals surface area (Å²) < 4.78 is 0. The zero-order chi connectivity index (χ0) is 13.9. The molecule has 0 saturated heterocycles. The fourth-order valence-electron chi connectivity index (χ4n) is 2.47. The van der Waals surface area contributed by atoms with Crippen LogP contribution in [0.4, 0.5) is 5.69 Å². The zero-order valence-corrected chi connectivity index (χ0v) is 11.4. The van der Waals surface area contributed by atoms with Crippen LogP contribution in [0.1, 0.15) is 16.7 Å². The van der Waals surface area contributed by atoms with Crippen LogP contribution in [0.15, 0.2) is 42.7 Å². The third-order valence-electron chi connectivity index (χ3n) is 3.68. The topological polar surface area (TPSA) is 54.0 Å².